The van der Waals surface area contributed by atoms with Crippen molar-refractivity contribution < 1.29 is 9.72 Å². The lowest BCUT2D eigenvalue weighted by molar-refractivity contribution is -0.384. The number of carbonyl (C=O) groups is 1. The molecule has 2 N–H and O–H groups in total. The molecule has 0 saturated heterocycles. The number of H-pyrrole nitrogens is 1. The van der Waals surface area contributed by atoms with Crippen molar-refractivity contribution >= 4 is 17.8 Å². The topological polar surface area (TPSA) is 126 Å². The molecule has 0 radical (unpaired) electrons. The molecule has 0 spiro atoms. The first-order chi connectivity index (χ1) is 9.16. The van der Waals surface area contributed by atoms with Crippen LogP contribution < -0.4 is 5.43 Å². The molecule has 0 fully saturated rings. The molecule has 1 heterocycles. The van der Waals surface area contributed by atoms with Crippen LogP contribution in [0, 0.1) is 10.1 Å². The van der Waals surface area contributed by atoms with Crippen LogP contribution in [0.5, 0.6) is 0 Å². The number of aromatic amines is 1. The molecule has 96 valence electrons. The molecule has 0 saturated carbocycles. The number of nitrogens with one attached hydrogen (secondary N) is 2. The van der Waals surface area contributed by atoms with E-state index in [0.717, 1.165) is 0 Å². The summed E-state index contributed by atoms with van der Waals surface area (Å²) < 4.78 is 0. The molecule has 9 nitrogen and oxygen atoms in total. The molecule has 2 rings (SSSR count). The van der Waals surface area contributed by atoms with Gasteiger partial charge in [-0.05, 0) is 0 Å². The molecule has 0 aliphatic rings. The first-order valence-corrected chi connectivity index (χ1v) is 5.10. The lowest BCUT2D eigenvalue weighted by Gasteiger charge is -1.95. The quantitative estimate of drug-likeness (QED) is 0.469. The van der Waals surface area contributed by atoms with Gasteiger partial charge in [0.2, 0.25) is 5.82 Å². The van der Waals surface area contributed by atoms with Gasteiger partial charge >= 0.3 is 5.91 Å². The molecule has 1 aromatic carbocycles. The molecule has 1 aromatic heterocycles. The van der Waals surface area contributed by atoms with Crippen molar-refractivity contribution in [1.29, 1.82) is 0 Å². The summed E-state index contributed by atoms with van der Waals surface area (Å²) in [6.07, 6.45) is 2.49. The average molecular weight is 260 g/mol. The van der Waals surface area contributed by atoms with Crippen LogP contribution in [-0.2, 0) is 0 Å². The summed E-state index contributed by atoms with van der Waals surface area (Å²) in [6, 6.07) is 5.85. The Bertz CT molecular complexity index is 622. The maximum atomic E-state index is 11.4. The van der Waals surface area contributed by atoms with Crippen molar-refractivity contribution in [2.45, 2.75) is 0 Å². The SMILES string of the molecule is O=C(N/N=C/c1cccc([N+](=O)[O-])c1)c1ncn[nH]1. The molecule has 0 atom stereocenters. The van der Waals surface area contributed by atoms with E-state index in [0.29, 0.717) is 5.56 Å². The van der Waals surface area contributed by atoms with E-state index < -0.39 is 10.8 Å². The van der Waals surface area contributed by atoms with Crippen LogP contribution >= 0.6 is 0 Å². The standard InChI is InChI=1S/C10H8N6O3/c17-10(9-11-6-13-14-9)15-12-5-7-2-1-3-8(4-7)16(18)19/h1-6H,(H,15,17)(H,11,13,14)/b12-5+. The molecule has 19 heavy (non-hydrogen) atoms. The highest BCUT2D eigenvalue weighted by Crippen LogP contribution is 2.11. The number of hydrogen-bond acceptors (Lipinski definition) is 6. The summed E-state index contributed by atoms with van der Waals surface area (Å²) in [4.78, 5) is 25.1. The average Bonchev–Trinajstić information content (AvgIpc) is 2.93. The fraction of sp³-hybridized carbons (Fsp3) is 0. The highest BCUT2D eigenvalue weighted by Gasteiger charge is 2.07. The summed E-state index contributed by atoms with van der Waals surface area (Å²) in [6.45, 7) is 0. The van der Waals surface area contributed by atoms with E-state index >= 15 is 0 Å². The molecular weight excluding hydrogens is 252 g/mol. The predicted octanol–water partition coefficient (Wildman–Crippen LogP) is 0.477. The third kappa shape index (κ3) is 3.19. The molecule has 0 aliphatic heterocycles. The molecule has 0 aliphatic carbocycles. The first-order valence-electron chi connectivity index (χ1n) is 5.10. The van der Waals surface area contributed by atoms with Gasteiger partial charge in [-0.15, -0.1) is 0 Å². The van der Waals surface area contributed by atoms with Gasteiger partial charge in [0.1, 0.15) is 6.33 Å². The van der Waals surface area contributed by atoms with E-state index in [-0.39, 0.29) is 11.5 Å². The number of benzene rings is 1. The first kappa shape index (κ1) is 12.4. The molecule has 9 heteroatoms. The molecule has 0 bridgehead atoms. The number of nitrogens with zero attached hydrogens (tertiary/aromatic N) is 4. The fourth-order valence-electron chi connectivity index (χ4n) is 1.25. The number of amides is 1. The highest BCUT2D eigenvalue weighted by molar-refractivity contribution is 5.91. The van der Waals surface area contributed by atoms with E-state index in [1.807, 2.05) is 0 Å². The number of hydrogen-bond donors (Lipinski definition) is 2. The second kappa shape index (κ2) is 5.49. The summed E-state index contributed by atoms with van der Waals surface area (Å²) in [5.74, 6) is -0.532. The van der Waals surface area contributed by atoms with Gasteiger partial charge in [0.05, 0.1) is 11.1 Å². The van der Waals surface area contributed by atoms with Gasteiger partial charge in [0.25, 0.3) is 5.69 Å². The normalized spacial score (nSPS) is 10.5. The zero-order valence-electron chi connectivity index (χ0n) is 9.48. The summed E-state index contributed by atoms with van der Waals surface area (Å²) in [7, 11) is 0. The Labute approximate surface area is 106 Å². The third-order valence-electron chi connectivity index (χ3n) is 2.09. The second-order valence-corrected chi connectivity index (χ2v) is 3.39. The van der Waals surface area contributed by atoms with Crippen molar-refractivity contribution in [1.82, 2.24) is 20.6 Å². The lowest BCUT2D eigenvalue weighted by Crippen LogP contribution is -2.19. The Morgan fingerprint density at radius 1 is 1.53 bits per heavy atom. The van der Waals surface area contributed by atoms with Crippen molar-refractivity contribution in [3.8, 4) is 0 Å². The van der Waals surface area contributed by atoms with E-state index in [1.165, 1.54) is 30.7 Å². The Morgan fingerprint density at radius 3 is 3.05 bits per heavy atom. The van der Waals surface area contributed by atoms with E-state index in [2.05, 4.69) is 25.7 Å². The van der Waals surface area contributed by atoms with Crippen LogP contribution in [-0.4, -0.2) is 32.2 Å². The molecule has 0 unspecified atom stereocenters. The minimum Gasteiger partial charge on any atom is -0.264 e. The number of hydrazone groups is 1. The number of aromatic nitrogens is 3. The van der Waals surface area contributed by atoms with Gasteiger partial charge in [0.15, 0.2) is 0 Å². The van der Waals surface area contributed by atoms with Crippen LogP contribution in [0.4, 0.5) is 5.69 Å². The maximum absolute atomic E-state index is 11.4. The maximum Gasteiger partial charge on any atom is 0.308 e. The highest BCUT2D eigenvalue weighted by atomic mass is 16.6. The minimum atomic E-state index is -0.556. The Kier molecular flexibility index (Phi) is 3.57. The Hall–Kier alpha value is -3.10. The van der Waals surface area contributed by atoms with Crippen LogP contribution in [0.1, 0.15) is 16.2 Å². The van der Waals surface area contributed by atoms with Crippen molar-refractivity contribution in [2.75, 3.05) is 0 Å². The Morgan fingerprint density at radius 2 is 2.37 bits per heavy atom. The van der Waals surface area contributed by atoms with Gasteiger partial charge < -0.3 is 0 Å². The molecule has 2 aromatic rings. The van der Waals surface area contributed by atoms with Crippen molar-refractivity contribution in [2.24, 2.45) is 5.10 Å². The van der Waals surface area contributed by atoms with Crippen LogP contribution in [0.15, 0.2) is 35.7 Å². The van der Waals surface area contributed by atoms with E-state index in [9.17, 15) is 14.9 Å². The minimum absolute atomic E-state index is 0.0243. The van der Waals surface area contributed by atoms with E-state index in [1.54, 1.807) is 6.07 Å². The largest absolute Gasteiger partial charge is 0.308 e. The van der Waals surface area contributed by atoms with Crippen molar-refractivity contribution in [3.63, 3.8) is 0 Å². The summed E-state index contributed by atoms with van der Waals surface area (Å²) in [5, 5.41) is 20.1. The zero-order chi connectivity index (χ0) is 13.7. The number of carbonyl (C=O) groups excluding carboxylic acids is 1. The van der Waals surface area contributed by atoms with Gasteiger partial charge in [-0.2, -0.15) is 10.2 Å². The summed E-state index contributed by atoms with van der Waals surface area (Å²) in [5.41, 5.74) is 2.65. The van der Waals surface area contributed by atoms with Crippen molar-refractivity contribution in [3.05, 3.63) is 52.1 Å². The predicted molar refractivity (Wildman–Crippen MR) is 64.5 cm³/mol. The van der Waals surface area contributed by atoms with Crippen LogP contribution in [0.25, 0.3) is 0 Å². The fourth-order valence-corrected chi connectivity index (χ4v) is 1.25. The molecular formula is C10H8N6O3. The van der Waals surface area contributed by atoms with Crippen LogP contribution in [0.3, 0.4) is 0 Å². The van der Waals surface area contributed by atoms with Gasteiger partial charge in [-0.3, -0.25) is 20.0 Å². The van der Waals surface area contributed by atoms with E-state index in [4.69, 9.17) is 0 Å². The number of non-ortho nitro benzene ring substituents is 1. The molecule has 1 amide bonds. The number of nitro benzene ring substituents is 1. The summed E-state index contributed by atoms with van der Waals surface area (Å²) >= 11 is 0. The monoisotopic (exact) mass is 260 g/mol. The number of rotatable bonds is 4. The lowest BCUT2D eigenvalue weighted by atomic mass is 10.2. The van der Waals surface area contributed by atoms with Gasteiger partial charge in [-0.25, -0.2) is 10.4 Å². The second-order valence-electron chi connectivity index (χ2n) is 3.39. The van der Waals surface area contributed by atoms with Gasteiger partial charge in [-0.1, -0.05) is 12.1 Å². The van der Waals surface area contributed by atoms with Crippen LogP contribution in [0.2, 0.25) is 0 Å². The van der Waals surface area contributed by atoms with Gasteiger partial charge in [0, 0.05) is 17.7 Å². The smallest absolute Gasteiger partial charge is 0.264 e. The Balaban J connectivity index is 2.01. The number of nitro groups is 1. The zero-order valence-corrected chi connectivity index (χ0v) is 9.48. The third-order valence-corrected chi connectivity index (χ3v) is 2.09.